The van der Waals surface area contributed by atoms with Crippen LogP contribution in [0.5, 0.6) is 0 Å². The molecule has 0 spiro atoms. The van der Waals surface area contributed by atoms with Gasteiger partial charge in [0.25, 0.3) is 5.91 Å². The van der Waals surface area contributed by atoms with Crippen LogP contribution in [0.25, 0.3) is 0 Å². The molecule has 2 aliphatic heterocycles. The average Bonchev–Trinajstić information content (AvgIpc) is 3.06. The number of aliphatic carboxylic acids is 1. The summed E-state index contributed by atoms with van der Waals surface area (Å²) in [6.45, 7) is 0.0603. The molecule has 2 heterocycles. The molecular formula is C17H17F3N2O5. The normalized spacial score (nSPS) is 20.9. The van der Waals surface area contributed by atoms with E-state index in [2.05, 4.69) is 0 Å². The Labute approximate surface area is 152 Å². The SMILES string of the molecule is O=C(O)[C@@H]1CN(C(=O)c2cc(N3CCCC3=O)cc(C(F)(F)F)c2)CCO1. The van der Waals surface area contributed by atoms with E-state index >= 15 is 0 Å². The molecule has 0 radical (unpaired) electrons. The summed E-state index contributed by atoms with van der Waals surface area (Å²) in [5.74, 6) is -2.28. The highest BCUT2D eigenvalue weighted by atomic mass is 19.4. The molecule has 7 nitrogen and oxygen atoms in total. The molecule has 146 valence electrons. The van der Waals surface area contributed by atoms with Crippen LogP contribution in [0.1, 0.15) is 28.8 Å². The van der Waals surface area contributed by atoms with Crippen LogP contribution in [-0.2, 0) is 20.5 Å². The van der Waals surface area contributed by atoms with Crippen molar-refractivity contribution in [1.29, 1.82) is 0 Å². The van der Waals surface area contributed by atoms with Gasteiger partial charge in [-0.3, -0.25) is 9.59 Å². The number of hydrogen-bond donors (Lipinski definition) is 1. The average molecular weight is 386 g/mol. The van der Waals surface area contributed by atoms with Crippen LogP contribution in [0.15, 0.2) is 18.2 Å². The van der Waals surface area contributed by atoms with Gasteiger partial charge < -0.3 is 19.6 Å². The first-order chi connectivity index (χ1) is 12.7. The molecule has 2 saturated heterocycles. The first-order valence-corrected chi connectivity index (χ1v) is 8.33. The standard InChI is InChI=1S/C17H17F3N2O5/c18-17(19,20)11-6-10(7-12(8-11)22-3-1-2-14(22)23)15(24)21-4-5-27-13(9-21)16(25)26/h6-8,13H,1-5,9H2,(H,25,26)/t13-/m0/s1. The fraction of sp³-hybridized carbons (Fsp3) is 0.471. The highest BCUT2D eigenvalue weighted by molar-refractivity contribution is 5.99. The van der Waals surface area contributed by atoms with Gasteiger partial charge in [-0.05, 0) is 24.6 Å². The molecule has 1 aromatic rings. The third-order valence-electron chi connectivity index (χ3n) is 4.51. The zero-order chi connectivity index (χ0) is 19.8. The van der Waals surface area contributed by atoms with E-state index in [-0.39, 0.29) is 49.8 Å². The molecule has 2 fully saturated rings. The minimum atomic E-state index is -4.69. The van der Waals surface area contributed by atoms with Crippen molar-refractivity contribution in [1.82, 2.24) is 4.90 Å². The van der Waals surface area contributed by atoms with Gasteiger partial charge in [0.1, 0.15) is 0 Å². The number of morpholine rings is 1. The van der Waals surface area contributed by atoms with Crippen molar-refractivity contribution in [3.05, 3.63) is 29.3 Å². The molecule has 1 N–H and O–H groups in total. The van der Waals surface area contributed by atoms with Crippen LogP contribution in [0.4, 0.5) is 18.9 Å². The molecule has 0 aliphatic carbocycles. The van der Waals surface area contributed by atoms with Crippen molar-refractivity contribution < 1.29 is 37.4 Å². The second kappa shape index (κ2) is 7.18. The van der Waals surface area contributed by atoms with Crippen molar-refractivity contribution in [3.63, 3.8) is 0 Å². The van der Waals surface area contributed by atoms with Gasteiger partial charge >= 0.3 is 12.1 Å². The molecule has 2 amide bonds. The van der Waals surface area contributed by atoms with Crippen LogP contribution in [-0.4, -0.2) is 60.1 Å². The quantitative estimate of drug-likeness (QED) is 0.856. The van der Waals surface area contributed by atoms with Gasteiger partial charge in [0, 0.05) is 30.8 Å². The van der Waals surface area contributed by atoms with Gasteiger partial charge in [-0.1, -0.05) is 0 Å². The monoisotopic (exact) mass is 386 g/mol. The molecule has 1 atom stereocenters. The number of carboxylic acids is 1. The van der Waals surface area contributed by atoms with Gasteiger partial charge in [0.15, 0.2) is 6.10 Å². The number of alkyl halides is 3. The van der Waals surface area contributed by atoms with E-state index in [1.807, 2.05) is 0 Å². The maximum Gasteiger partial charge on any atom is 0.416 e. The van der Waals surface area contributed by atoms with Gasteiger partial charge in [0.05, 0.1) is 18.7 Å². The van der Waals surface area contributed by atoms with Crippen molar-refractivity contribution in [2.75, 3.05) is 31.1 Å². The van der Waals surface area contributed by atoms with E-state index in [4.69, 9.17) is 9.84 Å². The zero-order valence-corrected chi connectivity index (χ0v) is 14.2. The predicted molar refractivity (Wildman–Crippen MR) is 86.3 cm³/mol. The summed E-state index contributed by atoms with van der Waals surface area (Å²) in [6.07, 6.45) is -5.15. The Morgan fingerprint density at radius 2 is 1.93 bits per heavy atom. The highest BCUT2D eigenvalue weighted by Crippen LogP contribution is 2.34. The lowest BCUT2D eigenvalue weighted by Gasteiger charge is -2.31. The van der Waals surface area contributed by atoms with Crippen LogP contribution < -0.4 is 4.90 Å². The van der Waals surface area contributed by atoms with Crippen LogP contribution in [0, 0.1) is 0 Å². The fourth-order valence-electron chi connectivity index (χ4n) is 3.14. The van der Waals surface area contributed by atoms with Crippen LogP contribution in [0.2, 0.25) is 0 Å². The number of hydrogen-bond acceptors (Lipinski definition) is 4. The molecule has 27 heavy (non-hydrogen) atoms. The Balaban J connectivity index is 1.94. The maximum atomic E-state index is 13.3. The minimum Gasteiger partial charge on any atom is -0.479 e. The Kier molecular flexibility index (Phi) is 5.09. The lowest BCUT2D eigenvalue weighted by molar-refractivity contribution is -0.154. The molecule has 0 saturated carbocycles. The van der Waals surface area contributed by atoms with Crippen molar-refractivity contribution in [2.24, 2.45) is 0 Å². The van der Waals surface area contributed by atoms with Crippen LogP contribution in [0.3, 0.4) is 0 Å². The number of carbonyl (C=O) groups excluding carboxylic acids is 2. The molecule has 10 heteroatoms. The van der Waals surface area contributed by atoms with Gasteiger partial charge in [0.2, 0.25) is 5.91 Å². The molecule has 1 aromatic carbocycles. The lowest BCUT2D eigenvalue weighted by Crippen LogP contribution is -2.48. The largest absolute Gasteiger partial charge is 0.479 e. The topological polar surface area (TPSA) is 87.2 Å². The first kappa shape index (κ1) is 19.2. The highest BCUT2D eigenvalue weighted by Gasteiger charge is 2.35. The number of anilines is 1. The predicted octanol–water partition coefficient (Wildman–Crippen LogP) is 1.76. The van der Waals surface area contributed by atoms with Crippen molar-refractivity contribution in [3.8, 4) is 0 Å². The first-order valence-electron chi connectivity index (χ1n) is 8.33. The summed E-state index contributed by atoms with van der Waals surface area (Å²) in [5.41, 5.74) is -1.27. The summed E-state index contributed by atoms with van der Waals surface area (Å²) in [6, 6.07) is 2.81. The number of rotatable bonds is 3. The van der Waals surface area contributed by atoms with Gasteiger partial charge in [-0.15, -0.1) is 0 Å². The number of amides is 2. The molecule has 0 bridgehead atoms. The summed E-state index contributed by atoms with van der Waals surface area (Å²) in [4.78, 5) is 38.0. The van der Waals surface area contributed by atoms with Gasteiger partial charge in [-0.25, -0.2) is 4.79 Å². The third kappa shape index (κ3) is 4.05. The number of benzene rings is 1. The zero-order valence-electron chi connectivity index (χ0n) is 14.2. The van der Waals surface area contributed by atoms with E-state index in [9.17, 15) is 27.6 Å². The molecule has 0 unspecified atom stereocenters. The molecule has 3 rings (SSSR count). The second-order valence-electron chi connectivity index (χ2n) is 6.36. The number of halogens is 3. The minimum absolute atomic E-state index is 0.0127. The van der Waals surface area contributed by atoms with E-state index < -0.39 is 29.7 Å². The molecular weight excluding hydrogens is 369 g/mol. The van der Waals surface area contributed by atoms with E-state index in [0.717, 1.165) is 17.0 Å². The number of carbonyl (C=O) groups is 3. The Morgan fingerprint density at radius 1 is 1.19 bits per heavy atom. The van der Waals surface area contributed by atoms with E-state index in [0.29, 0.717) is 6.42 Å². The van der Waals surface area contributed by atoms with Crippen LogP contribution >= 0.6 is 0 Å². The Hall–Kier alpha value is -2.62. The second-order valence-corrected chi connectivity index (χ2v) is 6.36. The summed E-state index contributed by atoms with van der Waals surface area (Å²) < 4.78 is 44.9. The fourth-order valence-corrected chi connectivity index (χ4v) is 3.14. The lowest BCUT2D eigenvalue weighted by atomic mass is 10.1. The number of nitrogens with zero attached hydrogens (tertiary/aromatic N) is 2. The smallest absolute Gasteiger partial charge is 0.416 e. The summed E-state index contributed by atoms with van der Waals surface area (Å²) >= 11 is 0. The third-order valence-corrected chi connectivity index (χ3v) is 4.51. The van der Waals surface area contributed by atoms with Gasteiger partial charge in [-0.2, -0.15) is 13.2 Å². The van der Waals surface area contributed by atoms with Crippen molar-refractivity contribution in [2.45, 2.75) is 25.1 Å². The Morgan fingerprint density at radius 3 is 2.52 bits per heavy atom. The summed E-state index contributed by atoms with van der Waals surface area (Å²) in [7, 11) is 0. The maximum absolute atomic E-state index is 13.3. The number of ether oxygens (including phenoxy) is 1. The number of carboxylic acid groups (broad SMARTS) is 1. The van der Waals surface area contributed by atoms with E-state index in [1.54, 1.807) is 0 Å². The Bertz CT molecular complexity index is 780. The summed E-state index contributed by atoms with van der Waals surface area (Å²) in [5, 5.41) is 9.02. The molecule has 0 aromatic heterocycles. The van der Waals surface area contributed by atoms with Crippen molar-refractivity contribution >= 4 is 23.5 Å². The van der Waals surface area contributed by atoms with E-state index in [1.165, 1.54) is 11.0 Å². The molecule has 2 aliphatic rings.